The second kappa shape index (κ2) is 6.05. The van der Waals surface area contributed by atoms with E-state index in [-0.39, 0.29) is 19.2 Å². The summed E-state index contributed by atoms with van der Waals surface area (Å²) in [5, 5.41) is 0. The number of allylic oxidation sites excluding steroid dienone is 1. The van der Waals surface area contributed by atoms with E-state index in [0.717, 1.165) is 0 Å². The van der Waals surface area contributed by atoms with Crippen LogP contribution in [0.5, 0.6) is 0 Å². The number of methoxy groups -OCH3 is 1. The number of hydrogen-bond acceptors (Lipinski definition) is 4. The maximum atomic E-state index is 11.7. The topological polar surface area (TPSA) is 59.1 Å². The Morgan fingerprint density at radius 2 is 2.18 bits per heavy atom. The van der Waals surface area contributed by atoms with Crippen LogP contribution in [0, 0.1) is 0 Å². The van der Waals surface area contributed by atoms with E-state index in [1.807, 2.05) is 0 Å². The molecule has 0 saturated heterocycles. The smallest absolute Gasteiger partial charge is 0.417 e. The molecule has 17 heavy (non-hydrogen) atoms. The van der Waals surface area contributed by atoms with E-state index in [1.54, 1.807) is 13.8 Å². The fourth-order valence-electron chi connectivity index (χ4n) is 1.33. The van der Waals surface area contributed by atoms with Crippen molar-refractivity contribution < 1.29 is 19.1 Å². The largest absolute Gasteiger partial charge is 0.449 e. The van der Waals surface area contributed by atoms with Crippen LogP contribution in [0.3, 0.4) is 0 Å². The Morgan fingerprint density at radius 1 is 1.47 bits per heavy atom. The molecule has 2 amide bonds. The Labute approximate surface area is 100 Å². The van der Waals surface area contributed by atoms with Gasteiger partial charge in [-0.3, -0.25) is 14.6 Å². The Balaban J connectivity index is 2.89. The van der Waals surface area contributed by atoms with Gasteiger partial charge in [0.05, 0.1) is 6.61 Å². The molecule has 0 bridgehead atoms. The average molecular weight is 240 g/mol. The first-order valence-corrected chi connectivity index (χ1v) is 5.22. The molecule has 0 atom stereocenters. The predicted molar refractivity (Wildman–Crippen MR) is 60.5 cm³/mol. The Bertz CT molecular complexity index is 362. The summed E-state index contributed by atoms with van der Waals surface area (Å²) in [7, 11) is 1.50. The molecule has 0 aliphatic carbocycles. The summed E-state index contributed by atoms with van der Waals surface area (Å²) in [5.41, 5.74) is 0.606. The number of rotatable bonds is 3. The fourth-order valence-corrected chi connectivity index (χ4v) is 1.33. The highest BCUT2D eigenvalue weighted by molar-refractivity contribution is 5.90. The lowest BCUT2D eigenvalue weighted by molar-refractivity contribution is -0.127. The average Bonchev–Trinajstić information content (AvgIpc) is 2.43. The van der Waals surface area contributed by atoms with Crippen molar-refractivity contribution in [3.8, 4) is 0 Å². The molecule has 0 unspecified atom stereocenters. The minimum atomic E-state index is -0.518. The van der Waals surface area contributed by atoms with E-state index in [9.17, 15) is 9.59 Å². The van der Waals surface area contributed by atoms with E-state index in [2.05, 4.69) is 0 Å². The molecule has 0 aromatic heterocycles. The number of ether oxygens (including phenoxy) is 2. The lowest BCUT2D eigenvalue weighted by Crippen LogP contribution is -2.29. The van der Waals surface area contributed by atoms with Crippen molar-refractivity contribution in [2.24, 2.45) is 0 Å². The van der Waals surface area contributed by atoms with Gasteiger partial charge in [0.1, 0.15) is 6.73 Å². The molecule has 0 aromatic rings. The van der Waals surface area contributed by atoms with Gasteiger partial charge < -0.3 is 9.47 Å². The van der Waals surface area contributed by atoms with Crippen LogP contribution in [-0.4, -0.2) is 42.2 Å². The highest BCUT2D eigenvalue weighted by Crippen LogP contribution is 2.12. The first kappa shape index (κ1) is 13.2. The zero-order valence-electron chi connectivity index (χ0n) is 10.2. The van der Waals surface area contributed by atoms with Gasteiger partial charge in [-0.05, 0) is 13.8 Å². The molecule has 0 radical (unpaired) electrons. The number of hydrogen-bond donors (Lipinski definition) is 0. The summed E-state index contributed by atoms with van der Waals surface area (Å²) in [6, 6.07) is 0. The summed E-state index contributed by atoms with van der Waals surface area (Å²) >= 11 is 0. The van der Waals surface area contributed by atoms with Crippen molar-refractivity contribution in [1.29, 1.82) is 0 Å². The van der Waals surface area contributed by atoms with E-state index < -0.39 is 6.09 Å². The lowest BCUT2D eigenvalue weighted by Gasteiger charge is -2.20. The third-order valence-electron chi connectivity index (χ3n) is 2.13. The second-order valence-corrected chi connectivity index (χ2v) is 3.38. The van der Waals surface area contributed by atoms with Crippen molar-refractivity contribution in [2.45, 2.75) is 13.8 Å². The molecule has 6 heteroatoms. The van der Waals surface area contributed by atoms with E-state index in [0.29, 0.717) is 5.70 Å². The van der Waals surface area contributed by atoms with Gasteiger partial charge >= 0.3 is 6.09 Å². The van der Waals surface area contributed by atoms with E-state index in [1.165, 1.54) is 35.4 Å². The quantitative estimate of drug-likeness (QED) is 0.745. The highest BCUT2D eigenvalue weighted by atomic mass is 16.6. The van der Waals surface area contributed by atoms with Crippen molar-refractivity contribution in [1.82, 2.24) is 9.80 Å². The molecular formula is C11H16N2O4. The number of amides is 2. The molecule has 0 aromatic carbocycles. The normalized spacial score (nSPS) is 15.7. The number of carbonyl (C=O) groups excluding carboxylic acids is 2. The van der Waals surface area contributed by atoms with Gasteiger partial charge in [0.2, 0.25) is 0 Å². The van der Waals surface area contributed by atoms with Crippen LogP contribution in [-0.2, 0) is 14.3 Å². The molecule has 0 N–H and O–H groups in total. The van der Waals surface area contributed by atoms with Crippen molar-refractivity contribution in [3.63, 3.8) is 0 Å². The molecule has 94 valence electrons. The molecule has 6 nitrogen and oxygen atoms in total. The summed E-state index contributed by atoms with van der Waals surface area (Å²) in [6.45, 7) is 3.86. The molecule has 1 aliphatic heterocycles. The highest BCUT2D eigenvalue weighted by Gasteiger charge is 2.19. The van der Waals surface area contributed by atoms with Crippen molar-refractivity contribution in [2.75, 3.05) is 20.4 Å². The van der Waals surface area contributed by atoms with Crippen LogP contribution >= 0.6 is 0 Å². The molecule has 0 fully saturated rings. The zero-order valence-corrected chi connectivity index (χ0v) is 10.2. The second-order valence-electron chi connectivity index (χ2n) is 3.38. The standard InChI is InChI=1S/C11H16N2O4/c1-4-17-11(15)12-6-5-10(14)13(8-16-3)9(2)7-12/h5-7H,4,8H2,1-3H3. The Hall–Kier alpha value is -1.82. The van der Waals surface area contributed by atoms with Gasteiger partial charge in [0.15, 0.2) is 0 Å². The van der Waals surface area contributed by atoms with Gasteiger partial charge in [0, 0.05) is 31.3 Å². The predicted octanol–water partition coefficient (Wildman–Crippen LogP) is 1.27. The van der Waals surface area contributed by atoms with Crippen molar-refractivity contribution in [3.05, 3.63) is 24.2 Å². The third-order valence-corrected chi connectivity index (χ3v) is 2.13. The van der Waals surface area contributed by atoms with Crippen molar-refractivity contribution >= 4 is 12.0 Å². The van der Waals surface area contributed by atoms with Gasteiger partial charge in [-0.15, -0.1) is 0 Å². The summed E-state index contributed by atoms with van der Waals surface area (Å²) in [5.74, 6) is -0.243. The maximum absolute atomic E-state index is 11.7. The minimum absolute atomic E-state index is 0.141. The van der Waals surface area contributed by atoms with Crippen LogP contribution in [0.15, 0.2) is 24.2 Å². The maximum Gasteiger partial charge on any atom is 0.417 e. The number of carbonyl (C=O) groups is 2. The van der Waals surface area contributed by atoms with E-state index >= 15 is 0 Å². The van der Waals surface area contributed by atoms with Gasteiger partial charge in [0.25, 0.3) is 5.91 Å². The van der Waals surface area contributed by atoms with Crippen LogP contribution in [0.2, 0.25) is 0 Å². The van der Waals surface area contributed by atoms with Crippen LogP contribution < -0.4 is 0 Å². The Morgan fingerprint density at radius 3 is 2.76 bits per heavy atom. The first-order valence-electron chi connectivity index (χ1n) is 5.22. The molecule has 1 rings (SSSR count). The molecular weight excluding hydrogens is 224 g/mol. The fraction of sp³-hybridized carbons (Fsp3) is 0.455. The lowest BCUT2D eigenvalue weighted by atomic mass is 10.4. The third kappa shape index (κ3) is 3.32. The zero-order chi connectivity index (χ0) is 12.8. The monoisotopic (exact) mass is 240 g/mol. The molecule has 0 saturated carbocycles. The van der Waals surface area contributed by atoms with Gasteiger partial charge in [-0.1, -0.05) is 0 Å². The number of nitrogens with zero attached hydrogens (tertiary/aromatic N) is 2. The van der Waals surface area contributed by atoms with Crippen LogP contribution in [0.4, 0.5) is 4.79 Å². The summed E-state index contributed by atoms with van der Waals surface area (Å²) < 4.78 is 9.76. The van der Waals surface area contributed by atoms with Gasteiger partial charge in [-0.2, -0.15) is 0 Å². The Kier molecular flexibility index (Phi) is 4.71. The molecule has 1 aliphatic rings. The van der Waals surface area contributed by atoms with Crippen LogP contribution in [0.1, 0.15) is 13.8 Å². The molecule has 1 heterocycles. The summed E-state index contributed by atoms with van der Waals surface area (Å²) in [6.07, 6.45) is 3.68. The van der Waals surface area contributed by atoms with E-state index in [4.69, 9.17) is 9.47 Å². The SMILES string of the molecule is CCOC(=O)N1C=CC(=O)N(COC)C(C)=C1. The van der Waals surface area contributed by atoms with Crippen LogP contribution in [0.25, 0.3) is 0 Å². The van der Waals surface area contributed by atoms with Gasteiger partial charge in [-0.25, -0.2) is 4.79 Å². The molecule has 0 spiro atoms. The first-order chi connectivity index (χ1) is 8.10. The summed E-state index contributed by atoms with van der Waals surface area (Å²) in [4.78, 5) is 25.8. The minimum Gasteiger partial charge on any atom is -0.449 e.